The maximum absolute atomic E-state index is 11.7. The predicted molar refractivity (Wildman–Crippen MR) is 75.5 cm³/mol. The molecule has 98 valence electrons. The summed E-state index contributed by atoms with van der Waals surface area (Å²) >= 11 is 16.7. The molecule has 0 bridgehead atoms. The van der Waals surface area contributed by atoms with Crippen molar-refractivity contribution in [3.8, 4) is 0 Å². The van der Waals surface area contributed by atoms with Crippen molar-refractivity contribution in [1.29, 1.82) is 0 Å². The molecule has 0 amide bonds. The molecule has 0 heterocycles. The van der Waals surface area contributed by atoms with Crippen molar-refractivity contribution < 1.29 is 9.32 Å². The topological polar surface area (TPSA) is 26.3 Å². The molecule has 16 heavy (non-hydrogen) atoms. The average molecular weight is 310 g/mol. The molecule has 0 unspecified atom stereocenters. The van der Waals surface area contributed by atoms with Crippen LogP contribution in [0.1, 0.15) is 27.7 Å². The summed E-state index contributed by atoms with van der Waals surface area (Å²) in [5.41, 5.74) is 0. The number of alkyl halides is 3. The van der Waals surface area contributed by atoms with Gasteiger partial charge in [-0.15, -0.1) is 0 Å². The summed E-state index contributed by atoms with van der Waals surface area (Å²) < 4.78 is 3.71. The first kappa shape index (κ1) is 16.8. The van der Waals surface area contributed by atoms with Crippen molar-refractivity contribution >= 4 is 47.6 Å². The summed E-state index contributed by atoms with van der Waals surface area (Å²) in [5, 5.41) is 0. The molecular weight excluding hydrogens is 289 g/mol. The predicted octanol–water partition coefficient (Wildman–Crippen LogP) is 4.45. The second-order valence-electron chi connectivity index (χ2n) is 4.00. The van der Waals surface area contributed by atoms with E-state index in [0.29, 0.717) is 0 Å². The average Bonchev–Trinajstić information content (AvgIpc) is 2.25. The van der Waals surface area contributed by atoms with Gasteiger partial charge in [0.1, 0.15) is 0 Å². The van der Waals surface area contributed by atoms with Crippen LogP contribution in [-0.2, 0) is 9.32 Å². The molecule has 0 aromatic heterocycles. The third kappa shape index (κ3) is 3.38. The van der Waals surface area contributed by atoms with Crippen molar-refractivity contribution in [2.75, 3.05) is 24.6 Å². The van der Waals surface area contributed by atoms with Gasteiger partial charge in [-0.05, 0) is 0 Å². The molecule has 0 aromatic carbocycles. The zero-order valence-corrected chi connectivity index (χ0v) is 13.4. The van der Waals surface area contributed by atoms with Gasteiger partial charge in [0.25, 0.3) is 0 Å². The summed E-state index contributed by atoms with van der Waals surface area (Å²) in [6, 6.07) is 0. The van der Waals surface area contributed by atoms with Crippen LogP contribution in [-0.4, -0.2) is 34.4 Å². The molecule has 0 spiro atoms. The summed E-state index contributed by atoms with van der Waals surface area (Å²) in [4.78, 5) is 11.7. The van der Waals surface area contributed by atoms with Crippen molar-refractivity contribution in [3.05, 3.63) is 0 Å². The van der Waals surface area contributed by atoms with E-state index in [1.807, 2.05) is 27.7 Å². The summed E-state index contributed by atoms with van der Waals surface area (Å²) in [7, 11) is 0. The molecule has 0 saturated carbocycles. The Balaban J connectivity index is 5.17. The Bertz CT molecular complexity index is 236. The van der Waals surface area contributed by atoms with Crippen molar-refractivity contribution in [1.82, 2.24) is 0 Å². The van der Waals surface area contributed by atoms with Crippen LogP contribution < -0.4 is 0 Å². The van der Waals surface area contributed by atoms with Crippen LogP contribution in [0.25, 0.3) is 0 Å². The number of carbonyl (C=O) groups excluding carboxylic acids is 1. The van der Waals surface area contributed by atoms with E-state index in [4.69, 9.17) is 39.3 Å². The summed E-state index contributed by atoms with van der Waals surface area (Å²) in [5.74, 6) is -0.734. The van der Waals surface area contributed by atoms with E-state index in [0.717, 1.165) is 24.6 Å². The van der Waals surface area contributed by atoms with E-state index in [9.17, 15) is 4.79 Å². The fourth-order valence-electron chi connectivity index (χ4n) is 1.89. The van der Waals surface area contributed by atoms with Crippen molar-refractivity contribution in [2.24, 2.45) is 0 Å². The minimum absolute atomic E-state index is 0.734. The van der Waals surface area contributed by atoms with Crippen LogP contribution >= 0.6 is 41.6 Å². The van der Waals surface area contributed by atoms with Crippen molar-refractivity contribution in [2.45, 2.75) is 31.5 Å². The van der Waals surface area contributed by atoms with Gasteiger partial charge >= 0.3 is 113 Å². The van der Waals surface area contributed by atoms with Gasteiger partial charge in [-0.2, -0.15) is 0 Å². The van der Waals surface area contributed by atoms with Crippen LogP contribution in [0.2, 0.25) is 0 Å². The van der Waals surface area contributed by atoms with Gasteiger partial charge in [0, 0.05) is 0 Å². The monoisotopic (exact) mass is 308 g/mol. The molecule has 0 rings (SSSR count). The Hall–Kier alpha value is 0.770. The molecule has 0 N–H and O–H groups in total. The zero-order chi connectivity index (χ0) is 13.1. The standard InChI is InChI=1S/C10H20Cl3O2P/c1-5-16(6-2,7-3,8-4)15-9(14)10(11,12)13/h5-8H2,1-4H3. The molecule has 0 aliphatic heterocycles. The fraction of sp³-hybridized carbons (Fsp3) is 0.900. The van der Waals surface area contributed by atoms with Gasteiger partial charge in [-0.25, -0.2) is 0 Å². The van der Waals surface area contributed by atoms with Crippen LogP contribution in [0.15, 0.2) is 0 Å². The molecule has 0 saturated heterocycles. The minimum atomic E-state index is -2.49. The second-order valence-corrected chi connectivity index (χ2v) is 12.7. The molecule has 6 heteroatoms. The van der Waals surface area contributed by atoms with Gasteiger partial charge in [0.15, 0.2) is 0 Å². The van der Waals surface area contributed by atoms with E-state index in [1.54, 1.807) is 0 Å². The Morgan fingerprint density at radius 1 is 1.00 bits per heavy atom. The summed E-state index contributed by atoms with van der Waals surface area (Å²) in [6.07, 6.45) is 3.34. The van der Waals surface area contributed by atoms with Gasteiger partial charge in [0.05, 0.1) is 0 Å². The molecule has 0 fully saturated rings. The molecule has 0 radical (unpaired) electrons. The van der Waals surface area contributed by atoms with Gasteiger partial charge in [0.2, 0.25) is 0 Å². The molecule has 0 aliphatic rings. The van der Waals surface area contributed by atoms with Gasteiger partial charge in [-0.1, -0.05) is 0 Å². The maximum atomic E-state index is 11.7. The first-order valence-corrected chi connectivity index (χ1v) is 9.53. The SMILES string of the molecule is CCP(CC)(CC)(CC)OC(=O)C(Cl)(Cl)Cl. The molecule has 0 aromatic rings. The fourth-order valence-corrected chi connectivity index (χ4v) is 5.97. The van der Waals surface area contributed by atoms with E-state index >= 15 is 0 Å². The third-order valence-corrected chi connectivity index (χ3v) is 11.3. The van der Waals surface area contributed by atoms with Crippen LogP contribution in [0.5, 0.6) is 0 Å². The third-order valence-electron chi connectivity index (χ3n) is 3.77. The first-order valence-electron chi connectivity index (χ1n) is 5.50. The number of rotatable bonds is 5. The zero-order valence-electron chi connectivity index (χ0n) is 10.2. The Morgan fingerprint density at radius 2 is 1.31 bits per heavy atom. The number of halogens is 3. The van der Waals surface area contributed by atoms with Crippen LogP contribution in [0, 0.1) is 0 Å². The molecule has 0 aliphatic carbocycles. The van der Waals surface area contributed by atoms with E-state index in [-0.39, 0.29) is 0 Å². The molecule has 2 nitrogen and oxygen atoms in total. The first-order chi connectivity index (χ1) is 7.18. The molecule has 0 atom stereocenters. The second kappa shape index (κ2) is 5.61. The number of hydrogen-bond donors (Lipinski definition) is 0. The van der Waals surface area contributed by atoms with Crippen molar-refractivity contribution in [3.63, 3.8) is 0 Å². The van der Waals surface area contributed by atoms with E-state index in [1.165, 1.54) is 0 Å². The Kier molecular flexibility index (Phi) is 5.88. The Labute approximate surface area is 113 Å². The van der Waals surface area contributed by atoms with Crippen LogP contribution in [0.3, 0.4) is 0 Å². The quantitative estimate of drug-likeness (QED) is 0.554. The number of hydrogen-bond acceptors (Lipinski definition) is 2. The summed E-state index contributed by atoms with van der Waals surface area (Å²) in [6.45, 7) is 5.67. The normalized spacial score (nSPS) is 15.3. The van der Waals surface area contributed by atoms with Crippen LogP contribution in [0.4, 0.5) is 0 Å². The van der Waals surface area contributed by atoms with Gasteiger partial charge in [-0.3, -0.25) is 0 Å². The Morgan fingerprint density at radius 3 is 1.50 bits per heavy atom. The van der Waals surface area contributed by atoms with Gasteiger partial charge < -0.3 is 0 Å². The van der Waals surface area contributed by atoms with E-state index in [2.05, 4.69) is 0 Å². The molecular formula is C10H20Cl3O2P. The van der Waals surface area contributed by atoms with E-state index < -0.39 is 16.6 Å². The number of carbonyl (C=O) groups is 1.